The molecule has 1 fully saturated rings. The SMILES string of the molecule is Cc1c(Cl)cccc1N1C(=O)NC(=O)/C(=C\c2cc(Cl)ccc2OCc2ccccc2Cl)C1=O. The zero-order chi connectivity index (χ0) is 24.4. The van der Waals surface area contributed by atoms with Gasteiger partial charge in [0.05, 0.1) is 5.69 Å². The van der Waals surface area contributed by atoms with Gasteiger partial charge in [0.1, 0.15) is 17.9 Å². The van der Waals surface area contributed by atoms with Gasteiger partial charge in [-0.2, -0.15) is 0 Å². The van der Waals surface area contributed by atoms with Gasteiger partial charge in [0.25, 0.3) is 11.8 Å². The van der Waals surface area contributed by atoms with E-state index in [1.165, 1.54) is 6.08 Å². The van der Waals surface area contributed by atoms with Gasteiger partial charge in [-0.15, -0.1) is 0 Å². The fourth-order valence-corrected chi connectivity index (χ4v) is 3.94. The molecule has 0 unspecified atom stereocenters. The van der Waals surface area contributed by atoms with E-state index in [0.29, 0.717) is 31.9 Å². The van der Waals surface area contributed by atoms with Gasteiger partial charge in [0, 0.05) is 26.2 Å². The van der Waals surface area contributed by atoms with Crippen molar-refractivity contribution in [2.75, 3.05) is 4.90 Å². The molecule has 1 N–H and O–H groups in total. The lowest BCUT2D eigenvalue weighted by molar-refractivity contribution is -0.122. The third-order valence-electron chi connectivity index (χ3n) is 5.19. The van der Waals surface area contributed by atoms with Crippen molar-refractivity contribution in [3.05, 3.63) is 98.0 Å². The fourth-order valence-electron chi connectivity index (χ4n) is 3.40. The molecule has 0 aliphatic carbocycles. The molecule has 1 aliphatic heterocycles. The minimum Gasteiger partial charge on any atom is -0.488 e. The number of rotatable bonds is 5. The van der Waals surface area contributed by atoms with E-state index in [-0.39, 0.29) is 17.9 Å². The average molecular weight is 516 g/mol. The summed E-state index contributed by atoms with van der Waals surface area (Å²) in [5.74, 6) is -1.25. The number of amides is 4. The number of anilines is 1. The molecule has 0 spiro atoms. The highest BCUT2D eigenvalue weighted by Gasteiger charge is 2.37. The number of nitrogens with one attached hydrogen (secondary N) is 1. The summed E-state index contributed by atoms with van der Waals surface area (Å²) >= 11 is 18.5. The Labute approximate surface area is 210 Å². The minimum absolute atomic E-state index is 0.157. The molecule has 0 saturated carbocycles. The van der Waals surface area contributed by atoms with Gasteiger partial charge in [0.15, 0.2) is 0 Å². The highest BCUT2D eigenvalue weighted by molar-refractivity contribution is 6.40. The zero-order valence-electron chi connectivity index (χ0n) is 17.8. The number of nitrogens with zero attached hydrogens (tertiary/aromatic N) is 1. The van der Waals surface area contributed by atoms with Crippen molar-refractivity contribution in [1.29, 1.82) is 0 Å². The summed E-state index contributed by atoms with van der Waals surface area (Å²) in [6.45, 7) is 1.83. The molecule has 34 heavy (non-hydrogen) atoms. The number of hydrogen-bond donors (Lipinski definition) is 1. The van der Waals surface area contributed by atoms with E-state index in [4.69, 9.17) is 39.5 Å². The number of benzene rings is 3. The van der Waals surface area contributed by atoms with Gasteiger partial charge < -0.3 is 4.74 Å². The number of halogens is 3. The van der Waals surface area contributed by atoms with Crippen molar-refractivity contribution in [2.45, 2.75) is 13.5 Å². The van der Waals surface area contributed by atoms with Crippen molar-refractivity contribution in [2.24, 2.45) is 0 Å². The third kappa shape index (κ3) is 4.80. The summed E-state index contributed by atoms with van der Waals surface area (Å²) in [5.41, 5.74) is 1.68. The monoisotopic (exact) mass is 514 g/mol. The molecule has 172 valence electrons. The van der Waals surface area contributed by atoms with Crippen molar-refractivity contribution < 1.29 is 19.1 Å². The molecule has 9 heteroatoms. The largest absolute Gasteiger partial charge is 0.488 e. The van der Waals surface area contributed by atoms with Crippen LogP contribution in [-0.4, -0.2) is 17.8 Å². The first kappa shape index (κ1) is 23.8. The smallest absolute Gasteiger partial charge is 0.335 e. The minimum atomic E-state index is -0.862. The van der Waals surface area contributed by atoms with E-state index in [1.807, 2.05) is 18.2 Å². The Morgan fingerprint density at radius 1 is 0.941 bits per heavy atom. The highest BCUT2D eigenvalue weighted by atomic mass is 35.5. The summed E-state index contributed by atoms with van der Waals surface area (Å²) in [6.07, 6.45) is 1.34. The fraction of sp³-hybridized carbons (Fsp3) is 0.0800. The lowest BCUT2D eigenvalue weighted by atomic mass is 10.0. The van der Waals surface area contributed by atoms with Gasteiger partial charge in [-0.05, 0) is 55.0 Å². The number of urea groups is 1. The van der Waals surface area contributed by atoms with E-state index in [9.17, 15) is 14.4 Å². The van der Waals surface area contributed by atoms with E-state index < -0.39 is 17.8 Å². The summed E-state index contributed by atoms with van der Waals surface area (Å²) in [7, 11) is 0. The van der Waals surface area contributed by atoms with Crippen LogP contribution >= 0.6 is 34.8 Å². The first-order chi connectivity index (χ1) is 16.3. The van der Waals surface area contributed by atoms with Crippen LogP contribution in [0.4, 0.5) is 10.5 Å². The number of ether oxygens (including phenoxy) is 1. The molecule has 1 aliphatic rings. The van der Waals surface area contributed by atoms with Crippen molar-refractivity contribution in [1.82, 2.24) is 5.32 Å². The second kappa shape index (κ2) is 9.89. The second-order valence-electron chi connectivity index (χ2n) is 7.40. The van der Waals surface area contributed by atoms with Gasteiger partial charge in [0.2, 0.25) is 0 Å². The average Bonchev–Trinajstić information content (AvgIpc) is 2.79. The van der Waals surface area contributed by atoms with Gasteiger partial charge in [-0.25, -0.2) is 9.69 Å². The number of hydrogen-bond acceptors (Lipinski definition) is 4. The molecule has 1 saturated heterocycles. The number of barbiturate groups is 1. The lowest BCUT2D eigenvalue weighted by Gasteiger charge is -2.27. The zero-order valence-corrected chi connectivity index (χ0v) is 20.0. The van der Waals surface area contributed by atoms with Crippen LogP contribution in [0, 0.1) is 6.92 Å². The van der Waals surface area contributed by atoms with Crippen molar-refractivity contribution >= 4 is 64.4 Å². The predicted octanol–water partition coefficient (Wildman–Crippen LogP) is 6.20. The molecule has 0 atom stereocenters. The Hall–Kier alpha value is -3.32. The van der Waals surface area contributed by atoms with Crippen molar-refractivity contribution in [3.8, 4) is 5.75 Å². The maximum atomic E-state index is 13.3. The number of carbonyl (C=O) groups is 3. The molecule has 0 radical (unpaired) electrons. The van der Waals surface area contributed by atoms with Gasteiger partial charge >= 0.3 is 6.03 Å². The third-order valence-corrected chi connectivity index (χ3v) is 6.21. The number of carbonyl (C=O) groups excluding carboxylic acids is 3. The topological polar surface area (TPSA) is 75.7 Å². The maximum Gasteiger partial charge on any atom is 0.335 e. The molecule has 0 aromatic heterocycles. The number of imide groups is 2. The Balaban J connectivity index is 1.71. The molecule has 1 heterocycles. The predicted molar refractivity (Wildman–Crippen MR) is 132 cm³/mol. The highest BCUT2D eigenvalue weighted by Crippen LogP contribution is 2.31. The van der Waals surface area contributed by atoms with Crippen molar-refractivity contribution in [3.63, 3.8) is 0 Å². The van der Waals surface area contributed by atoms with Crippen LogP contribution in [0.25, 0.3) is 6.08 Å². The van der Waals surface area contributed by atoms with E-state index in [1.54, 1.807) is 49.4 Å². The Kier molecular flexibility index (Phi) is 6.93. The van der Waals surface area contributed by atoms with Gasteiger partial charge in [-0.1, -0.05) is 59.1 Å². The molecule has 3 aromatic carbocycles. The Morgan fingerprint density at radius 2 is 1.68 bits per heavy atom. The van der Waals surface area contributed by atoms with E-state index in [0.717, 1.165) is 10.5 Å². The molecular formula is C25H17Cl3N2O4. The summed E-state index contributed by atoms with van der Waals surface area (Å²) in [4.78, 5) is 39.3. The normalized spacial score (nSPS) is 15.0. The molecule has 4 amide bonds. The van der Waals surface area contributed by atoms with Crippen LogP contribution in [0.2, 0.25) is 15.1 Å². The summed E-state index contributed by atoms with van der Waals surface area (Å²) in [6, 6.07) is 16.0. The van der Waals surface area contributed by atoms with Crippen LogP contribution in [0.3, 0.4) is 0 Å². The van der Waals surface area contributed by atoms with Crippen LogP contribution in [0.15, 0.2) is 66.2 Å². The molecule has 6 nitrogen and oxygen atoms in total. The standard InChI is InChI=1S/C25H17Cl3N2O4/c1-14-19(27)7-4-8-21(14)30-24(32)18(23(31)29-25(30)33)12-16-11-17(26)9-10-22(16)34-13-15-5-2-3-6-20(15)28/h2-12H,13H2,1H3,(H,29,31,33)/b18-12+. The first-order valence-corrected chi connectivity index (χ1v) is 11.2. The summed E-state index contributed by atoms with van der Waals surface area (Å²) in [5, 5.41) is 3.50. The Bertz CT molecular complexity index is 1350. The van der Waals surface area contributed by atoms with Crippen LogP contribution in [0.5, 0.6) is 5.75 Å². The summed E-state index contributed by atoms with van der Waals surface area (Å²) < 4.78 is 5.91. The molecule has 0 bridgehead atoms. The maximum absolute atomic E-state index is 13.3. The van der Waals surface area contributed by atoms with E-state index >= 15 is 0 Å². The quantitative estimate of drug-likeness (QED) is 0.324. The molecule has 3 aromatic rings. The van der Waals surface area contributed by atoms with E-state index in [2.05, 4.69) is 5.32 Å². The van der Waals surface area contributed by atoms with Gasteiger partial charge in [-0.3, -0.25) is 14.9 Å². The first-order valence-electron chi connectivity index (χ1n) is 10.1. The van der Waals surface area contributed by atoms with Crippen LogP contribution in [-0.2, 0) is 16.2 Å². The van der Waals surface area contributed by atoms with Crippen LogP contribution < -0.4 is 15.0 Å². The lowest BCUT2D eigenvalue weighted by Crippen LogP contribution is -2.54. The molecular weight excluding hydrogens is 499 g/mol. The van der Waals surface area contributed by atoms with Crippen LogP contribution in [0.1, 0.15) is 16.7 Å². The Morgan fingerprint density at radius 3 is 2.44 bits per heavy atom. The molecule has 4 rings (SSSR count). The second-order valence-corrected chi connectivity index (χ2v) is 8.65.